The van der Waals surface area contributed by atoms with Gasteiger partial charge in [-0.15, -0.1) is 0 Å². The first-order valence-electron chi connectivity index (χ1n) is 7.41. The maximum absolute atomic E-state index is 12.9. The molecule has 0 aliphatic carbocycles. The van der Waals surface area contributed by atoms with E-state index in [-0.39, 0.29) is 11.7 Å². The third kappa shape index (κ3) is 4.45. The summed E-state index contributed by atoms with van der Waals surface area (Å²) in [5.41, 5.74) is 1.60. The smallest absolute Gasteiger partial charge is 0.265 e. The first-order chi connectivity index (χ1) is 11.0. The summed E-state index contributed by atoms with van der Waals surface area (Å²) in [7, 11) is 1.55. The number of carbonyl (C=O) groups is 1. The van der Waals surface area contributed by atoms with Crippen LogP contribution in [0.3, 0.4) is 0 Å². The summed E-state index contributed by atoms with van der Waals surface area (Å²) in [6, 6.07) is 11.1. The molecule has 122 valence electrons. The lowest BCUT2D eigenvalue weighted by molar-refractivity contribution is -0.122. The molecule has 1 N–H and O–H groups in total. The van der Waals surface area contributed by atoms with Gasteiger partial charge in [-0.05, 0) is 55.3 Å². The molecule has 5 heteroatoms. The van der Waals surface area contributed by atoms with E-state index in [9.17, 15) is 9.18 Å². The number of methoxy groups -OCH3 is 1. The molecular formula is C18H20FNO3. The number of nitrogens with one attached hydrogen (secondary N) is 1. The van der Waals surface area contributed by atoms with Crippen LogP contribution in [-0.4, -0.2) is 19.1 Å². The Morgan fingerprint density at radius 2 is 1.91 bits per heavy atom. The third-order valence-electron chi connectivity index (χ3n) is 3.37. The molecule has 23 heavy (non-hydrogen) atoms. The maximum atomic E-state index is 12.9. The monoisotopic (exact) mass is 317 g/mol. The predicted molar refractivity (Wildman–Crippen MR) is 87.5 cm³/mol. The number of anilines is 1. The Morgan fingerprint density at radius 3 is 2.52 bits per heavy atom. The minimum absolute atomic E-state index is 0.277. The molecule has 2 rings (SSSR count). The zero-order valence-electron chi connectivity index (χ0n) is 13.4. The van der Waals surface area contributed by atoms with E-state index in [2.05, 4.69) is 5.32 Å². The molecule has 0 aromatic heterocycles. The summed E-state index contributed by atoms with van der Waals surface area (Å²) in [6.45, 7) is 3.78. The molecule has 0 unspecified atom stereocenters. The highest BCUT2D eigenvalue weighted by Crippen LogP contribution is 2.26. The second-order valence-electron chi connectivity index (χ2n) is 5.16. The van der Waals surface area contributed by atoms with E-state index in [0.29, 0.717) is 23.6 Å². The fraction of sp³-hybridized carbons (Fsp3) is 0.278. The van der Waals surface area contributed by atoms with E-state index >= 15 is 0 Å². The number of benzene rings is 2. The van der Waals surface area contributed by atoms with Gasteiger partial charge in [-0.2, -0.15) is 0 Å². The second-order valence-corrected chi connectivity index (χ2v) is 5.16. The lowest BCUT2D eigenvalue weighted by Gasteiger charge is -2.18. The molecule has 0 aliphatic heterocycles. The van der Waals surface area contributed by atoms with E-state index in [4.69, 9.17) is 9.47 Å². The van der Waals surface area contributed by atoms with Gasteiger partial charge in [0.05, 0.1) is 12.8 Å². The molecule has 0 heterocycles. The molecule has 2 aromatic rings. The summed E-state index contributed by atoms with van der Waals surface area (Å²) in [5, 5.41) is 2.82. The van der Waals surface area contributed by atoms with E-state index in [0.717, 1.165) is 5.56 Å². The average Bonchev–Trinajstić information content (AvgIpc) is 2.54. The summed E-state index contributed by atoms with van der Waals surface area (Å²) < 4.78 is 23.8. The molecule has 1 atom stereocenters. The van der Waals surface area contributed by atoms with Crippen LogP contribution in [0.4, 0.5) is 10.1 Å². The number of hydrogen-bond acceptors (Lipinski definition) is 3. The zero-order valence-corrected chi connectivity index (χ0v) is 13.4. The van der Waals surface area contributed by atoms with Gasteiger partial charge in [0.15, 0.2) is 6.10 Å². The highest BCUT2D eigenvalue weighted by molar-refractivity contribution is 5.95. The molecule has 0 saturated heterocycles. The standard InChI is InChI=1S/C18H20FNO3/c1-4-16(23-14-8-6-13(19)7-9-14)18(21)20-15-11-12(2)5-10-17(15)22-3/h5-11,16H,4H2,1-3H3,(H,20,21)/t16-/m1/s1. The van der Waals surface area contributed by atoms with E-state index in [1.165, 1.54) is 24.3 Å². The lowest BCUT2D eigenvalue weighted by Crippen LogP contribution is -2.32. The van der Waals surface area contributed by atoms with Gasteiger partial charge in [0.1, 0.15) is 17.3 Å². The Kier molecular flexibility index (Phi) is 5.57. The van der Waals surface area contributed by atoms with E-state index in [1.54, 1.807) is 13.2 Å². The van der Waals surface area contributed by atoms with Crippen molar-refractivity contribution in [3.63, 3.8) is 0 Å². The van der Waals surface area contributed by atoms with Crippen LogP contribution in [0.15, 0.2) is 42.5 Å². The van der Waals surface area contributed by atoms with Gasteiger partial charge in [-0.1, -0.05) is 13.0 Å². The van der Waals surface area contributed by atoms with Gasteiger partial charge in [-0.3, -0.25) is 4.79 Å². The van der Waals surface area contributed by atoms with Crippen molar-refractivity contribution < 1.29 is 18.7 Å². The molecule has 0 aliphatic rings. The first kappa shape index (κ1) is 16.8. The van der Waals surface area contributed by atoms with Crippen LogP contribution in [0, 0.1) is 12.7 Å². The van der Waals surface area contributed by atoms with Crippen LogP contribution < -0.4 is 14.8 Å². The fourth-order valence-corrected chi connectivity index (χ4v) is 2.13. The van der Waals surface area contributed by atoms with Crippen molar-refractivity contribution in [1.82, 2.24) is 0 Å². The fourth-order valence-electron chi connectivity index (χ4n) is 2.13. The number of rotatable bonds is 6. The third-order valence-corrected chi connectivity index (χ3v) is 3.37. The molecule has 4 nitrogen and oxygen atoms in total. The summed E-state index contributed by atoms with van der Waals surface area (Å²) in [4.78, 5) is 12.4. The number of aryl methyl sites for hydroxylation is 1. The predicted octanol–water partition coefficient (Wildman–Crippen LogP) is 3.94. The zero-order chi connectivity index (χ0) is 16.8. The van der Waals surface area contributed by atoms with Crippen molar-refractivity contribution in [2.45, 2.75) is 26.4 Å². The Hall–Kier alpha value is -2.56. The Bertz CT molecular complexity index is 670. The molecule has 0 spiro atoms. The van der Waals surface area contributed by atoms with Gasteiger partial charge in [0, 0.05) is 0 Å². The van der Waals surface area contributed by atoms with Gasteiger partial charge in [0.2, 0.25) is 0 Å². The number of hydrogen-bond donors (Lipinski definition) is 1. The summed E-state index contributed by atoms with van der Waals surface area (Å²) in [5.74, 6) is 0.408. The summed E-state index contributed by atoms with van der Waals surface area (Å²) in [6.07, 6.45) is -0.192. The molecular weight excluding hydrogens is 297 g/mol. The van der Waals surface area contributed by atoms with Crippen molar-refractivity contribution in [1.29, 1.82) is 0 Å². The number of halogens is 1. The van der Waals surface area contributed by atoms with Crippen molar-refractivity contribution in [3.05, 3.63) is 53.8 Å². The van der Waals surface area contributed by atoms with Gasteiger partial charge in [-0.25, -0.2) is 4.39 Å². The van der Waals surface area contributed by atoms with Gasteiger partial charge >= 0.3 is 0 Å². The minimum Gasteiger partial charge on any atom is -0.495 e. The van der Waals surface area contributed by atoms with Gasteiger partial charge in [0.25, 0.3) is 5.91 Å². The molecule has 1 amide bonds. The number of carbonyl (C=O) groups excluding carboxylic acids is 1. The van der Waals surface area contributed by atoms with Crippen LogP contribution in [0.1, 0.15) is 18.9 Å². The van der Waals surface area contributed by atoms with Crippen molar-refractivity contribution in [3.8, 4) is 11.5 Å². The quantitative estimate of drug-likeness (QED) is 0.878. The van der Waals surface area contributed by atoms with E-state index < -0.39 is 6.10 Å². The topological polar surface area (TPSA) is 47.6 Å². The number of ether oxygens (including phenoxy) is 2. The minimum atomic E-state index is -0.675. The normalized spacial score (nSPS) is 11.7. The Balaban J connectivity index is 2.11. The van der Waals surface area contributed by atoms with Crippen LogP contribution in [0.25, 0.3) is 0 Å². The highest BCUT2D eigenvalue weighted by atomic mass is 19.1. The molecule has 2 aromatic carbocycles. The highest BCUT2D eigenvalue weighted by Gasteiger charge is 2.20. The SMILES string of the molecule is CC[C@@H](Oc1ccc(F)cc1)C(=O)Nc1cc(C)ccc1OC. The van der Waals surface area contributed by atoms with Gasteiger partial charge < -0.3 is 14.8 Å². The number of amides is 1. The van der Waals surface area contributed by atoms with E-state index in [1.807, 2.05) is 26.0 Å². The average molecular weight is 317 g/mol. The second kappa shape index (κ2) is 7.63. The van der Waals surface area contributed by atoms with Crippen LogP contribution in [0.2, 0.25) is 0 Å². The summed E-state index contributed by atoms with van der Waals surface area (Å²) >= 11 is 0. The molecule has 0 radical (unpaired) electrons. The first-order valence-corrected chi connectivity index (χ1v) is 7.41. The lowest BCUT2D eigenvalue weighted by atomic mass is 10.2. The van der Waals surface area contributed by atoms with Crippen molar-refractivity contribution in [2.24, 2.45) is 0 Å². The Labute approximate surface area is 135 Å². The van der Waals surface area contributed by atoms with Crippen LogP contribution in [-0.2, 0) is 4.79 Å². The molecule has 0 bridgehead atoms. The molecule has 0 fully saturated rings. The maximum Gasteiger partial charge on any atom is 0.265 e. The Morgan fingerprint density at radius 1 is 1.22 bits per heavy atom. The van der Waals surface area contributed by atoms with Crippen molar-refractivity contribution >= 4 is 11.6 Å². The van der Waals surface area contributed by atoms with Crippen LogP contribution >= 0.6 is 0 Å². The van der Waals surface area contributed by atoms with Crippen LogP contribution in [0.5, 0.6) is 11.5 Å². The molecule has 0 saturated carbocycles. The van der Waals surface area contributed by atoms with Crippen molar-refractivity contribution in [2.75, 3.05) is 12.4 Å². The largest absolute Gasteiger partial charge is 0.495 e.